The summed E-state index contributed by atoms with van der Waals surface area (Å²) in [5.41, 5.74) is 0. The molecule has 0 aromatic rings. The second-order valence-electron chi connectivity index (χ2n) is 5.65. The van der Waals surface area contributed by atoms with Crippen molar-refractivity contribution in [1.29, 1.82) is 0 Å². The molecule has 3 atom stereocenters. The first-order valence-electron chi connectivity index (χ1n) is 7.33. The number of piperidine rings is 1. The predicted molar refractivity (Wildman–Crippen MR) is 71.4 cm³/mol. The molecule has 4 nitrogen and oxygen atoms in total. The molecule has 104 valence electrons. The molecule has 0 aromatic heterocycles. The number of rotatable bonds is 4. The Morgan fingerprint density at radius 2 is 2.28 bits per heavy atom. The summed E-state index contributed by atoms with van der Waals surface area (Å²) in [6.07, 6.45) is 3.28. The van der Waals surface area contributed by atoms with Crippen molar-refractivity contribution in [3.8, 4) is 0 Å². The summed E-state index contributed by atoms with van der Waals surface area (Å²) in [5.74, 6) is 1.18. The van der Waals surface area contributed by atoms with Crippen LogP contribution in [0.25, 0.3) is 0 Å². The highest BCUT2D eigenvalue weighted by atomic mass is 16.5. The quantitative estimate of drug-likeness (QED) is 0.821. The Bertz CT molecular complexity index is 277. The van der Waals surface area contributed by atoms with Gasteiger partial charge in [0.15, 0.2) is 0 Å². The van der Waals surface area contributed by atoms with E-state index in [4.69, 9.17) is 4.74 Å². The molecule has 3 unspecified atom stereocenters. The summed E-state index contributed by atoms with van der Waals surface area (Å²) in [6, 6.07) is 0. The summed E-state index contributed by atoms with van der Waals surface area (Å²) in [6.45, 7) is 8.76. The number of carbonyl (C=O) groups excluding carboxylic acids is 1. The Morgan fingerprint density at radius 1 is 1.44 bits per heavy atom. The predicted octanol–water partition coefficient (Wildman–Crippen LogP) is 1.26. The number of hydrogen-bond acceptors (Lipinski definition) is 3. The lowest BCUT2D eigenvalue weighted by Gasteiger charge is -2.31. The van der Waals surface area contributed by atoms with E-state index in [0.717, 1.165) is 39.2 Å². The Hall–Kier alpha value is -0.610. The third-order valence-electron chi connectivity index (χ3n) is 4.20. The molecular formula is C14H26N2O2. The summed E-state index contributed by atoms with van der Waals surface area (Å²) in [7, 11) is 0. The normalized spacial score (nSPS) is 32.4. The van der Waals surface area contributed by atoms with E-state index in [1.807, 2.05) is 4.90 Å². The topological polar surface area (TPSA) is 41.6 Å². The summed E-state index contributed by atoms with van der Waals surface area (Å²) >= 11 is 0. The van der Waals surface area contributed by atoms with E-state index in [0.29, 0.717) is 11.8 Å². The average Bonchev–Trinajstić information content (AvgIpc) is 2.82. The number of nitrogens with zero attached hydrogens (tertiary/aromatic N) is 1. The minimum absolute atomic E-state index is 0.193. The van der Waals surface area contributed by atoms with E-state index in [2.05, 4.69) is 19.2 Å². The fourth-order valence-electron chi connectivity index (χ4n) is 2.96. The van der Waals surface area contributed by atoms with Crippen molar-refractivity contribution in [2.75, 3.05) is 32.8 Å². The molecule has 0 saturated carbocycles. The molecule has 2 heterocycles. The number of carbonyl (C=O) groups is 1. The Labute approximate surface area is 110 Å². The van der Waals surface area contributed by atoms with Crippen LogP contribution in [-0.4, -0.2) is 49.7 Å². The van der Waals surface area contributed by atoms with Crippen LogP contribution >= 0.6 is 0 Å². The largest absolute Gasteiger partial charge is 0.368 e. The maximum Gasteiger partial charge on any atom is 0.251 e. The Balaban J connectivity index is 1.88. The van der Waals surface area contributed by atoms with Crippen molar-refractivity contribution in [3.63, 3.8) is 0 Å². The lowest BCUT2D eigenvalue weighted by atomic mass is 9.98. The van der Waals surface area contributed by atoms with Crippen molar-refractivity contribution in [2.24, 2.45) is 11.8 Å². The van der Waals surface area contributed by atoms with Crippen LogP contribution in [-0.2, 0) is 9.53 Å². The van der Waals surface area contributed by atoms with E-state index in [-0.39, 0.29) is 12.0 Å². The standard InChI is InChI=1S/C14H26N2O2/c1-3-16(10-12-5-4-7-15-9-12)14(17)13-11(2)6-8-18-13/h11-13,15H,3-10H2,1-2H3. The second kappa shape index (κ2) is 6.53. The van der Waals surface area contributed by atoms with Crippen molar-refractivity contribution in [2.45, 2.75) is 39.2 Å². The number of amides is 1. The molecule has 18 heavy (non-hydrogen) atoms. The fourth-order valence-corrected chi connectivity index (χ4v) is 2.96. The van der Waals surface area contributed by atoms with Crippen LogP contribution in [0.5, 0.6) is 0 Å². The molecule has 1 amide bonds. The Morgan fingerprint density at radius 3 is 2.83 bits per heavy atom. The zero-order chi connectivity index (χ0) is 13.0. The van der Waals surface area contributed by atoms with Gasteiger partial charge < -0.3 is 15.0 Å². The van der Waals surface area contributed by atoms with Crippen LogP contribution in [0.1, 0.15) is 33.1 Å². The second-order valence-corrected chi connectivity index (χ2v) is 5.65. The van der Waals surface area contributed by atoms with Gasteiger partial charge in [-0.2, -0.15) is 0 Å². The maximum absolute atomic E-state index is 12.4. The van der Waals surface area contributed by atoms with Crippen LogP contribution in [0.3, 0.4) is 0 Å². The molecule has 0 radical (unpaired) electrons. The third-order valence-corrected chi connectivity index (χ3v) is 4.20. The number of nitrogens with one attached hydrogen (secondary N) is 1. The molecule has 2 fully saturated rings. The molecule has 0 aromatic carbocycles. The highest BCUT2D eigenvalue weighted by molar-refractivity contribution is 5.81. The third kappa shape index (κ3) is 3.23. The summed E-state index contributed by atoms with van der Waals surface area (Å²) in [4.78, 5) is 14.4. The molecule has 2 saturated heterocycles. The van der Waals surface area contributed by atoms with E-state index in [1.165, 1.54) is 12.8 Å². The van der Waals surface area contributed by atoms with Crippen LogP contribution in [0.4, 0.5) is 0 Å². The highest BCUT2D eigenvalue weighted by Crippen LogP contribution is 2.23. The van der Waals surface area contributed by atoms with Gasteiger partial charge in [-0.25, -0.2) is 0 Å². The Kier molecular flexibility index (Phi) is 5.01. The fraction of sp³-hybridized carbons (Fsp3) is 0.929. The van der Waals surface area contributed by atoms with Crippen molar-refractivity contribution in [3.05, 3.63) is 0 Å². The minimum atomic E-state index is -0.193. The molecule has 0 spiro atoms. The van der Waals surface area contributed by atoms with Crippen molar-refractivity contribution >= 4 is 5.91 Å². The van der Waals surface area contributed by atoms with Crippen LogP contribution in [0.2, 0.25) is 0 Å². The van der Waals surface area contributed by atoms with Gasteiger partial charge in [0.1, 0.15) is 6.10 Å². The van der Waals surface area contributed by atoms with E-state index >= 15 is 0 Å². The van der Waals surface area contributed by atoms with Gasteiger partial charge >= 0.3 is 0 Å². The van der Waals surface area contributed by atoms with Gasteiger partial charge in [0.2, 0.25) is 0 Å². The molecule has 1 N–H and O–H groups in total. The van der Waals surface area contributed by atoms with Crippen molar-refractivity contribution < 1.29 is 9.53 Å². The van der Waals surface area contributed by atoms with Crippen molar-refractivity contribution in [1.82, 2.24) is 10.2 Å². The van der Waals surface area contributed by atoms with Gasteiger partial charge in [-0.3, -0.25) is 4.79 Å². The minimum Gasteiger partial charge on any atom is -0.368 e. The monoisotopic (exact) mass is 254 g/mol. The van der Waals surface area contributed by atoms with E-state index in [1.54, 1.807) is 0 Å². The lowest BCUT2D eigenvalue weighted by Crippen LogP contribution is -2.45. The molecule has 0 aliphatic carbocycles. The maximum atomic E-state index is 12.4. The molecule has 2 aliphatic rings. The number of ether oxygens (including phenoxy) is 1. The van der Waals surface area contributed by atoms with Gasteiger partial charge in [-0.05, 0) is 51.1 Å². The van der Waals surface area contributed by atoms with Gasteiger partial charge in [0.05, 0.1) is 0 Å². The first-order valence-corrected chi connectivity index (χ1v) is 7.33. The average molecular weight is 254 g/mol. The summed E-state index contributed by atoms with van der Waals surface area (Å²) in [5, 5.41) is 3.41. The number of hydrogen-bond donors (Lipinski definition) is 1. The van der Waals surface area contributed by atoms with Gasteiger partial charge in [-0.15, -0.1) is 0 Å². The smallest absolute Gasteiger partial charge is 0.251 e. The molecule has 2 aliphatic heterocycles. The molecule has 0 bridgehead atoms. The first kappa shape index (κ1) is 13.8. The zero-order valence-electron chi connectivity index (χ0n) is 11.7. The van der Waals surface area contributed by atoms with Crippen LogP contribution in [0.15, 0.2) is 0 Å². The molecule has 2 rings (SSSR count). The molecule has 4 heteroatoms. The lowest BCUT2D eigenvalue weighted by molar-refractivity contribution is -0.143. The SMILES string of the molecule is CCN(CC1CCCNC1)C(=O)C1OCCC1C. The van der Waals surface area contributed by atoms with Crippen LogP contribution < -0.4 is 5.32 Å². The molecular weight excluding hydrogens is 228 g/mol. The van der Waals surface area contributed by atoms with Gasteiger partial charge in [-0.1, -0.05) is 6.92 Å². The van der Waals surface area contributed by atoms with E-state index in [9.17, 15) is 4.79 Å². The first-order chi connectivity index (χ1) is 8.72. The van der Waals surface area contributed by atoms with Gasteiger partial charge in [0, 0.05) is 19.7 Å². The summed E-state index contributed by atoms with van der Waals surface area (Å²) < 4.78 is 5.59. The number of likely N-dealkylation sites (N-methyl/N-ethyl adjacent to an activating group) is 1. The van der Waals surface area contributed by atoms with Crippen LogP contribution in [0, 0.1) is 11.8 Å². The van der Waals surface area contributed by atoms with E-state index < -0.39 is 0 Å². The zero-order valence-corrected chi connectivity index (χ0v) is 11.7. The highest BCUT2D eigenvalue weighted by Gasteiger charge is 2.34. The van der Waals surface area contributed by atoms with Gasteiger partial charge in [0.25, 0.3) is 5.91 Å².